The quantitative estimate of drug-likeness (QED) is 0.634. The minimum atomic E-state index is -0.193. The molecular weight excluding hydrogens is 216 g/mol. The summed E-state index contributed by atoms with van der Waals surface area (Å²) in [7, 11) is 0. The van der Waals surface area contributed by atoms with E-state index in [9.17, 15) is 4.79 Å². The van der Waals surface area contributed by atoms with E-state index >= 15 is 0 Å². The molecule has 17 heavy (non-hydrogen) atoms. The zero-order chi connectivity index (χ0) is 12.4. The first kappa shape index (κ1) is 11.9. The van der Waals surface area contributed by atoms with E-state index in [2.05, 4.69) is 9.97 Å². The molecule has 0 bridgehead atoms. The molecule has 0 spiro atoms. The third-order valence-corrected chi connectivity index (χ3v) is 2.90. The van der Waals surface area contributed by atoms with Crippen LogP contribution in [0.25, 0.3) is 11.0 Å². The van der Waals surface area contributed by atoms with E-state index in [-0.39, 0.29) is 17.8 Å². The van der Waals surface area contributed by atoms with Crippen LogP contribution in [-0.2, 0) is 0 Å². The Bertz CT molecular complexity index is 555. The van der Waals surface area contributed by atoms with E-state index in [1.807, 2.05) is 25.1 Å². The van der Waals surface area contributed by atoms with E-state index < -0.39 is 0 Å². The molecule has 2 unspecified atom stereocenters. The van der Waals surface area contributed by atoms with Crippen LogP contribution < -0.4 is 17.2 Å². The van der Waals surface area contributed by atoms with Crippen molar-refractivity contribution in [2.24, 2.45) is 11.5 Å². The van der Waals surface area contributed by atoms with Gasteiger partial charge < -0.3 is 21.4 Å². The molecule has 0 aliphatic rings. The van der Waals surface area contributed by atoms with Gasteiger partial charge in [0.25, 0.3) is 0 Å². The topological polar surface area (TPSA) is 101 Å². The standard InChI is InChI=1S/C12H18N4O/c1-7(13)2-4-9(14)8-3-5-10-11(6-8)16-12(17)15-10/h3,5-7,9H,2,4,13-14H2,1H3,(H2,15,16,17). The van der Waals surface area contributed by atoms with Crippen molar-refractivity contribution in [2.75, 3.05) is 0 Å². The van der Waals surface area contributed by atoms with Crippen LogP contribution in [0, 0.1) is 0 Å². The molecule has 2 atom stereocenters. The monoisotopic (exact) mass is 234 g/mol. The Hall–Kier alpha value is -1.59. The van der Waals surface area contributed by atoms with Crippen molar-refractivity contribution in [3.63, 3.8) is 0 Å². The van der Waals surface area contributed by atoms with Crippen molar-refractivity contribution in [1.29, 1.82) is 0 Å². The summed E-state index contributed by atoms with van der Waals surface area (Å²) in [4.78, 5) is 16.6. The first-order chi connectivity index (χ1) is 8.06. The highest BCUT2D eigenvalue weighted by atomic mass is 16.1. The molecule has 0 radical (unpaired) electrons. The summed E-state index contributed by atoms with van der Waals surface area (Å²) in [5, 5.41) is 0. The minimum Gasteiger partial charge on any atom is -0.328 e. The molecule has 0 saturated heterocycles. The molecule has 0 fully saturated rings. The first-order valence-electron chi connectivity index (χ1n) is 5.79. The number of aromatic nitrogens is 2. The fraction of sp³-hybridized carbons (Fsp3) is 0.417. The van der Waals surface area contributed by atoms with Gasteiger partial charge in [0.15, 0.2) is 0 Å². The van der Waals surface area contributed by atoms with Crippen molar-refractivity contribution in [3.8, 4) is 0 Å². The summed E-state index contributed by atoms with van der Waals surface area (Å²) in [6.07, 6.45) is 1.74. The van der Waals surface area contributed by atoms with Gasteiger partial charge in [-0.1, -0.05) is 6.07 Å². The van der Waals surface area contributed by atoms with Crippen LogP contribution >= 0.6 is 0 Å². The van der Waals surface area contributed by atoms with E-state index in [0.717, 1.165) is 29.4 Å². The van der Waals surface area contributed by atoms with Gasteiger partial charge >= 0.3 is 5.69 Å². The Morgan fingerprint density at radius 3 is 2.59 bits per heavy atom. The molecular formula is C12H18N4O. The molecule has 6 N–H and O–H groups in total. The van der Waals surface area contributed by atoms with Gasteiger partial charge in [0.05, 0.1) is 11.0 Å². The molecule has 1 aromatic heterocycles. The number of aromatic amines is 2. The average molecular weight is 234 g/mol. The largest absolute Gasteiger partial charge is 0.328 e. The first-order valence-corrected chi connectivity index (χ1v) is 5.79. The Morgan fingerprint density at radius 1 is 1.18 bits per heavy atom. The SMILES string of the molecule is CC(N)CCC(N)c1ccc2[nH]c(=O)[nH]c2c1. The summed E-state index contributed by atoms with van der Waals surface area (Å²) < 4.78 is 0. The number of nitrogens with one attached hydrogen (secondary N) is 2. The Balaban J connectivity index is 2.20. The fourth-order valence-corrected chi connectivity index (χ4v) is 1.89. The van der Waals surface area contributed by atoms with Gasteiger partial charge in [-0.05, 0) is 37.5 Å². The third kappa shape index (κ3) is 2.75. The molecule has 0 aliphatic carbocycles. The number of H-pyrrole nitrogens is 2. The van der Waals surface area contributed by atoms with Crippen LogP contribution in [-0.4, -0.2) is 16.0 Å². The zero-order valence-electron chi connectivity index (χ0n) is 9.86. The van der Waals surface area contributed by atoms with Crippen LogP contribution in [0.1, 0.15) is 31.4 Å². The van der Waals surface area contributed by atoms with Crippen molar-refractivity contribution >= 4 is 11.0 Å². The van der Waals surface area contributed by atoms with Crippen molar-refractivity contribution in [2.45, 2.75) is 31.8 Å². The second-order valence-electron chi connectivity index (χ2n) is 4.55. The zero-order valence-corrected chi connectivity index (χ0v) is 9.86. The molecule has 5 nitrogen and oxygen atoms in total. The van der Waals surface area contributed by atoms with E-state index in [4.69, 9.17) is 11.5 Å². The average Bonchev–Trinajstić information content (AvgIpc) is 2.64. The maximum absolute atomic E-state index is 11.1. The molecule has 0 saturated carbocycles. The van der Waals surface area contributed by atoms with Gasteiger partial charge in [-0.25, -0.2) is 4.79 Å². The molecule has 1 heterocycles. The highest BCUT2D eigenvalue weighted by Gasteiger charge is 2.08. The molecule has 5 heteroatoms. The lowest BCUT2D eigenvalue weighted by Gasteiger charge is -2.13. The van der Waals surface area contributed by atoms with Crippen molar-refractivity contribution < 1.29 is 0 Å². The van der Waals surface area contributed by atoms with Crippen LogP contribution in [0.5, 0.6) is 0 Å². The number of benzene rings is 1. The molecule has 2 aromatic rings. The van der Waals surface area contributed by atoms with Gasteiger partial charge in [0, 0.05) is 12.1 Å². The van der Waals surface area contributed by atoms with Crippen LogP contribution in [0.4, 0.5) is 0 Å². The number of rotatable bonds is 4. The number of imidazole rings is 1. The lowest BCUT2D eigenvalue weighted by atomic mass is 10.0. The second kappa shape index (κ2) is 4.73. The Labute approximate surface area is 99.2 Å². The molecule has 0 aliphatic heterocycles. The lowest BCUT2D eigenvalue weighted by molar-refractivity contribution is 0.555. The summed E-state index contributed by atoms with van der Waals surface area (Å²) in [5.74, 6) is 0. The molecule has 2 rings (SSSR count). The molecule has 0 amide bonds. The summed E-state index contributed by atoms with van der Waals surface area (Å²) in [5.41, 5.74) is 14.2. The maximum Gasteiger partial charge on any atom is 0.323 e. The number of hydrogen-bond acceptors (Lipinski definition) is 3. The molecule has 1 aromatic carbocycles. The van der Waals surface area contributed by atoms with Gasteiger partial charge in [0.2, 0.25) is 0 Å². The van der Waals surface area contributed by atoms with Crippen molar-refractivity contribution in [1.82, 2.24) is 9.97 Å². The van der Waals surface area contributed by atoms with E-state index in [0.29, 0.717) is 0 Å². The highest BCUT2D eigenvalue weighted by molar-refractivity contribution is 5.75. The lowest BCUT2D eigenvalue weighted by Crippen LogP contribution is -2.18. The normalized spacial score (nSPS) is 15.0. The second-order valence-corrected chi connectivity index (χ2v) is 4.55. The van der Waals surface area contributed by atoms with Crippen LogP contribution in [0.3, 0.4) is 0 Å². The number of hydrogen-bond donors (Lipinski definition) is 4. The van der Waals surface area contributed by atoms with Crippen LogP contribution in [0.15, 0.2) is 23.0 Å². The Kier molecular flexibility index (Phi) is 3.31. The summed E-state index contributed by atoms with van der Waals surface area (Å²) >= 11 is 0. The van der Waals surface area contributed by atoms with E-state index in [1.165, 1.54) is 0 Å². The predicted molar refractivity (Wildman–Crippen MR) is 68.7 cm³/mol. The van der Waals surface area contributed by atoms with Gasteiger partial charge in [0.1, 0.15) is 0 Å². The predicted octanol–water partition coefficient (Wildman–Crippen LogP) is 0.983. The fourth-order valence-electron chi connectivity index (χ4n) is 1.89. The van der Waals surface area contributed by atoms with Crippen molar-refractivity contribution in [3.05, 3.63) is 34.2 Å². The highest BCUT2D eigenvalue weighted by Crippen LogP contribution is 2.19. The summed E-state index contributed by atoms with van der Waals surface area (Å²) in [6, 6.07) is 5.85. The maximum atomic E-state index is 11.1. The van der Waals surface area contributed by atoms with Gasteiger partial charge in [-0.2, -0.15) is 0 Å². The minimum absolute atomic E-state index is 0.0381. The smallest absolute Gasteiger partial charge is 0.323 e. The van der Waals surface area contributed by atoms with Gasteiger partial charge in [-0.15, -0.1) is 0 Å². The molecule has 92 valence electrons. The number of nitrogens with two attached hydrogens (primary N) is 2. The van der Waals surface area contributed by atoms with Crippen LogP contribution in [0.2, 0.25) is 0 Å². The van der Waals surface area contributed by atoms with E-state index in [1.54, 1.807) is 0 Å². The third-order valence-electron chi connectivity index (χ3n) is 2.90. The Morgan fingerprint density at radius 2 is 1.88 bits per heavy atom. The summed E-state index contributed by atoms with van der Waals surface area (Å²) in [6.45, 7) is 1.97. The van der Waals surface area contributed by atoms with Gasteiger partial charge in [-0.3, -0.25) is 0 Å². The number of fused-ring (bicyclic) bond motifs is 1.